The van der Waals surface area contributed by atoms with E-state index in [9.17, 15) is 9.90 Å². The van der Waals surface area contributed by atoms with Crippen molar-refractivity contribution in [2.45, 2.75) is 25.7 Å². The molecule has 5 nitrogen and oxygen atoms in total. The summed E-state index contributed by atoms with van der Waals surface area (Å²) in [6, 6.07) is 0. The Hall–Kier alpha value is -1.14. The van der Waals surface area contributed by atoms with Gasteiger partial charge in [-0.2, -0.15) is 0 Å². The van der Waals surface area contributed by atoms with Crippen LogP contribution in [0.15, 0.2) is 5.38 Å². The highest BCUT2D eigenvalue weighted by molar-refractivity contribution is 7.13. The molecule has 4 N–H and O–H groups in total. The van der Waals surface area contributed by atoms with E-state index in [1.54, 1.807) is 5.38 Å². The van der Waals surface area contributed by atoms with Gasteiger partial charge in [0.25, 0.3) is 0 Å². The van der Waals surface area contributed by atoms with Crippen LogP contribution in [0.3, 0.4) is 0 Å². The van der Waals surface area contributed by atoms with Gasteiger partial charge in [0.2, 0.25) is 5.91 Å². The summed E-state index contributed by atoms with van der Waals surface area (Å²) in [6.07, 6.45) is 3.59. The number of nitrogens with one attached hydrogen (secondary N) is 1. The summed E-state index contributed by atoms with van der Waals surface area (Å²) in [7, 11) is 0. The molecule has 6 heteroatoms. The minimum absolute atomic E-state index is 0.0242. The highest BCUT2D eigenvalue weighted by Gasteiger charge is 2.26. The number of thiazole rings is 1. The van der Waals surface area contributed by atoms with Gasteiger partial charge in [0, 0.05) is 18.5 Å². The van der Waals surface area contributed by atoms with Crippen LogP contribution < -0.4 is 11.1 Å². The molecule has 1 saturated carbocycles. The molecule has 1 fully saturated rings. The molecule has 1 aliphatic rings. The molecule has 0 aliphatic heterocycles. The molecule has 2 unspecified atom stereocenters. The number of carbonyl (C=O) groups excluding carboxylic acids is 1. The van der Waals surface area contributed by atoms with E-state index in [0.29, 0.717) is 23.5 Å². The molecule has 2 rings (SSSR count). The normalized spacial score (nSPS) is 23.2. The number of nitrogens with two attached hydrogens (primary N) is 1. The lowest BCUT2D eigenvalue weighted by molar-refractivity contribution is -0.120. The van der Waals surface area contributed by atoms with E-state index in [1.807, 2.05) is 0 Å². The van der Waals surface area contributed by atoms with Crippen LogP contribution in [-0.2, 0) is 11.2 Å². The molecule has 1 aromatic heterocycles. The van der Waals surface area contributed by atoms with Gasteiger partial charge in [-0.05, 0) is 24.7 Å². The second kappa shape index (κ2) is 6.15. The van der Waals surface area contributed by atoms with Crippen LogP contribution in [0, 0.1) is 11.8 Å². The van der Waals surface area contributed by atoms with Gasteiger partial charge < -0.3 is 16.2 Å². The van der Waals surface area contributed by atoms with Crippen molar-refractivity contribution in [1.29, 1.82) is 0 Å². The standard InChI is InChI=1S/C12H19N3O2S/c13-12-15-10(7-18-12)4-11(17)14-5-8-2-1-3-9(8)6-16/h7-9,16H,1-6H2,(H2,13,15)(H,14,17). The van der Waals surface area contributed by atoms with E-state index in [0.717, 1.165) is 25.0 Å². The van der Waals surface area contributed by atoms with Crippen molar-refractivity contribution in [2.75, 3.05) is 18.9 Å². The minimum atomic E-state index is -0.0242. The maximum absolute atomic E-state index is 11.7. The fourth-order valence-corrected chi connectivity index (χ4v) is 3.06. The lowest BCUT2D eigenvalue weighted by Gasteiger charge is -2.17. The zero-order valence-corrected chi connectivity index (χ0v) is 11.1. The molecule has 1 aliphatic carbocycles. The second-order valence-corrected chi connectivity index (χ2v) is 5.68. The summed E-state index contributed by atoms with van der Waals surface area (Å²) in [6.45, 7) is 0.882. The van der Waals surface area contributed by atoms with E-state index in [2.05, 4.69) is 10.3 Å². The van der Waals surface area contributed by atoms with Gasteiger partial charge in [-0.1, -0.05) is 6.42 Å². The average molecular weight is 269 g/mol. The number of anilines is 1. The maximum atomic E-state index is 11.7. The van der Waals surface area contributed by atoms with Crippen molar-refractivity contribution in [3.8, 4) is 0 Å². The number of rotatable bonds is 5. The number of carbonyl (C=O) groups is 1. The predicted octanol–water partition coefficient (Wildman–Crippen LogP) is 0.793. The van der Waals surface area contributed by atoms with Gasteiger partial charge in [0.15, 0.2) is 5.13 Å². The van der Waals surface area contributed by atoms with Crippen LogP contribution >= 0.6 is 11.3 Å². The summed E-state index contributed by atoms with van der Waals surface area (Å²) in [4.78, 5) is 15.8. The third-order valence-electron chi connectivity index (χ3n) is 3.52. The molecule has 0 bridgehead atoms. The third-order valence-corrected chi connectivity index (χ3v) is 4.25. The monoisotopic (exact) mass is 269 g/mol. The number of aliphatic hydroxyl groups is 1. The number of nitrogen functional groups attached to an aromatic ring is 1. The Morgan fingerprint density at radius 1 is 1.56 bits per heavy atom. The first-order valence-corrected chi connectivity index (χ1v) is 7.14. The number of aliphatic hydroxyl groups excluding tert-OH is 1. The zero-order chi connectivity index (χ0) is 13.0. The van der Waals surface area contributed by atoms with Gasteiger partial charge in [-0.15, -0.1) is 11.3 Å². The van der Waals surface area contributed by atoms with Crippen molar-refractivity contribution < 1.29 is 9.90 Å². The van der Waals surface area contributed by atoms with Crippen LogP contribution in [0.4, 0.5) is 5.13 Å². The van der Waals surface area contributed by atoms with E-state index >= 15 is 0 Å². The number of hydrogen-bond donors (Lipinski definition) is 3. The van der Waals surface area contributed by atoms with Crippen molar-refractivity contribution in [2.24, 2.45) is 11.8 Å². The molecule has 0 saturated heterocycles. The summed E-state index contributed by atoms with van der Waals surface area (Å²) in [5, 5.41) is 14.4. The Labute approximate surface area is 110 Å². The molecular formula is C12H19N3O2S. The highest BCUT2D eigenvalue weighted by Crippen LogP contribution is 2.30. The quantitative estimate of drug-likeness (QED) is 0.737. The van der Waals surface area contributed by atoms with Crippen molar-refractivity contribution in [3.05, 3.63) is 11.1 Å². The van der Waals surface area contributed by atoms with E-state index in [-0.39, 0.29) is 18.9 Å². The van der Waals surface area contributed by atoms with Crippen LogP contribution in [0.5, 0.6) is 0 Å². The fraction of sp³-hybridized carbons (Fsp3) is 0.667. The minimum Gasteiger partial charge on any atom is -0.396 e. The number of hydrogen-bond acceptors (Lipinski definition) is 5. The van der Waals surface area contributed by atoms with Crippen molar-refractivity contribution in [3.63, 3.8) is 0 Å². The molecule has 18 heavy (non-hydrogen) atoms. The lowest BCUT2D eigenvalue weighted by atomic mass is 9.97. The highest BCUT2D eigenvalue weighted by atomic mass is 32.1. The smallest absolute Gasteiger partial charge is 0.226 e. The Kier molecular flexibility index (Phi) is 4.54. The Bertz CT molecular complexity index is 408. The first-order valence-electron chi connectivity index (χ1n) is 6.26. The largest absolute Gasteiger partial charge is 0.396 e. The first kappa shape index (κ1) is 13.3. The van der Waals surface area contributed by atoms with Crippen LogP contribution in [0.25, 0.3) is 0 Å². The Balaban J connectivity index is 1.74. The topological polar surface area (TPSA) is 88.2 Å². The molecular weight excluding hydrogens is 250 g/mol. The molecule has 1 heterocycles. The van der Waals surface area contributed by atoms with Crippen LogP contribution in [0.1, 0.15) is 25.0 Å². The molecule has 100 valence electrons. The summed E-state index contributed by atoms with van der Waals surface area (Å²) >= 11 is 1.35. The Morgan fingerprint density at radius 3 is 3.00 bits per heavy atom. The van der Waals surface area contributed by atoms with E-state index < -0.39 is 0 Å². The molecule has 0 spiro atoms. The number of amides is 1. The molecule has 0 aromatic carbocycles. The molecule has 1 aromatic rings. The fourth-order valence-electron chi connectivity index (χ4n) is 2.50. The van der Waals surface area contributed by atoms with Gasteiger partial charge >= 0.3 is 0 Å². The number of aromatic nitrogens is 1. The third kappa shape index (κ3) is 3.43. The Morgan fingerprint density at radius 2 is 2.33 bits per heavy atom. The second-order valence-electron chi connectivity index (χ2n) is 4.79. The first-order chi connectivity index (χ1) is 8.69. The molecule has 0 radical (unpaired) electrons. The van der Waals surface area contributed by atoms with Gasteiger partial charge in [0.1, 0.15) is 0 Å². The number of nitrogens with zero attached hydrogens (tertiary/aromatic N) is 1. The lowest BCUT2D eigenvalue weighted by Crippen LogP contribution is -2.32. The van der Waals surface area contributed by atoms with E-state index in [1.165, 1.54) is 11.3 Å². The molecule has 1 amide bonds. The summed E-state index contributed by atoms with van der Waals surface area (Å²) in [5.41, 5.74) is 6.23. The van der Waals surface area contributed by atoms with Crippen molar-refractivity contribution >= 4 is 22.4 Å². The summed E-state index contributed by atoms with van der Waals surface area (Å²) in [5.74, 6) is 0.739. The zero-order valence-electron chi connectivity index (χ0n) is 10.3. The molecule has 2 atom stereocenters. The van der Waals surface area contributed by atoms with Gasteiger partial charge in [0.05, 0.1) is 12.1 Å². The van der Waals surface area contributed by atoms with Crippen LogP contribution in [0.2, 0.25) is 0 Å². The summed E-state index contributed by atoms with van der Waals surface area (Å²) < 4.78 is 0. The van der Waals surface area contributed by atoms with E-state index in [4.69, 9.17) is 5.73 Å². The maximum Gasteiger partial charge on any atom is 0.226 e. The predicted molar refractivity (Wildman–Crippen MR) is 71.2 cm³/mol. The van der Waals surface area contributed by atoms with Gasteiger partial charge in [-0.3, -0.25) is 4.79 Å². The van der Waals surface area contributed by atoms with Gasteiger partial charge in [-0.25, -0.2) is 4.98 Å². The average Bonchev–Trinajstić information content (AvgIpc) is 2.95. The van der Waals surface area contributed by atoms with Crippen LogP contribution in [-0.4, -0.2) is 29.1 Å². The van der Waals surface area contributed by atoms with Crippen molar-refractivity contribution in [1.82, 2.24) is 10.3 Å². The SMILES string of the molecule is Nc1nc(CC(=O)NCC2CCCC2CO)cs1.